The molecular formula is C14H27N3O4Si. The van der Waals surface area contributed by atoms with Crippen LogP contribution in [0.15, 0.2) is 6.20 Å². The van der Waals surface area contributed by atoms with Crippen LogP contribution in [0.5, 0.6) is 5.88 Å². The number of anilines is 1. The third-order valence-corrected chi connectivity index (χ3v) is 4.97. The van der Waals surface area contributed by atoms with Gasteiger partial charge in [-0.15, -0.1) is 5.10 Å². The van der Waals surface area contributed by atoms with Crippen molar-refractivity contribution < 1.29 is 18.9 Å². The zero-order chi connectivity index (χ0) is 16.0. The highest BCUT2D eigenvalue weighted by atomic mass is 28.3. The van der Waals surface area contributed by atoms with Gasteiger partial charge in [0.2, 0.25) is 0 Å². The number of hydrogen-bond donors (Lipinski definition) is 1. The van der Waals surface area contributed by atoms with Crippen molar-refractivity contribution in [3.8, 4) is 5.88 Å². The molecule has 1 aliphatic heterocycles. The second-order valence-electron chi connectivity index (χ2n) is 6.66. The van der Waals surface area contributed by atoms with Crippen LogP contribution < -0.4 is 10.5 Å². The molecule has 0 unspecified atom stereocenters. The second-order valence-corrected chi connectivity index (χ2v) is 12.3. The monoisotopic (exact) mass is 329 g/mol. The summed E-state index contributed by atoms with van der Waals surface area (Å²) < 4.78 is 23.7. The lowest BCUT2D eigenvalue weighted by Gasteiger charge is -2.22. The molecule has 1 atom stereocenters. The van der Waals surface area contributed by atoms with Gasteiger partial charge in [0.05, 0.1) is 26.0 Å². The summed E-state index contributed by atoms with van der Waals surface area (Å²) in [6.45, 7) is 10.3. The fourth-order valence-corrected chi connectivity index (χ4v) is 2.70. The number of nitrogens with zero attached hydrogens (tertiary/aromatic N) is 2. The molecule has 1 aromatic heterocycles. The second kappa shape index (κ2) is 7.96. The lowest BCUT2D eigenvalue weighted by molar-refractivity contribution is -0.102. The van der Waals surface area contributed by atoms with Crippen molar-refractivity contribution in [2.45, 2.75) is 38.5 Å². The zero-order valence-electron chi connectivity index (χ0n) is 13.7. The van der Waals surface area contributed by atoms with Crippen LogP contribution in [0.1, 0.15) is 0 Å². The maximum Gasteiger partial charge on any atom is 0.256 e. The summed E-state index contributed by atoms with van der Waals surface area (Å²) in [5.74, 6) is 0.419. The number of nitrogens with two attached hydrogens (primary N) is 1. The Kier molecular flexibility index (Phi) is 6.24. The van der Waals surface area contributed by atoms with Crippen molar-refractivity contribution in [1.29, 1.82) is 0 Å². The maximum absolute atomic E-state index is 5.90. The Labute approximate surface area is 132 Å². The summed E-state index contributed by atoms with van der Waals surface area (Å²) in [5.41, 5.74) is 6.41. The average Bonchev–Trinajstić information content (AvgIpc) is 2.82. The van der Waals surface area contributed by atoms with E-state index in [1.165, 1.54) is 0 Å². The molecule has 7 nitrogen and oxygen atoms in total. The Balaban J connectivity index is 1.73. The van der Waals surface area contributed by atoms with Gasteiger partial charge < -0.3 is 24.7 Å². The third-order valence-electron chi connectivity index (χ3n) is 3.27. The molecule has 0 bridgehead atoms. The van der Waals surface area contributed by atoms with Crippen molar-refractivity contribution >= 4 is 13.8 Å². The Hall–Kier alpha value is -1.09. The number of nitrogen functional groups attached to an aromatic ring is 1. The van der Waals surface area contributed by atoms with Crippen LogP contribution in [-0.4, -0.2) is 57.0 Å². The van der Waals surface area contributed by atoms with Gasteiger partial charge in [-0.1, -0.05) is 19.6 Å². The Bertz CT molecular complexity index is 455. The van der Waals surface area contributed by atoms with E-state index in [9.17, 15) is 0 Å². The molecule has 0 spiro atoms. The minimum atomic E-state index is -1.06. The number of aromatic nitrogens is 2. The van der Waals surface area contributed by atoms with Crippen molar-refractivity contribution in [2.75, 3.05) is 38.8 Å². The summed E-state index contributed by atoms with van der Waals surface area (Å²) in [5, 5.41) is 4.29. The number of hydrogen-bond acceptors (Lipinski definition) is 6. The van der Waals surface area contributed by atoms with Gasteiger partial charge in [0.1, 0.15) is 25.1 Å². The first-order valence-electron chi connectivity index (χ1n) is 7.67. The predicted molar refractivity (Wildman–Crippen MR) is 86.8 cm³/mol. The lowest BCUT2D eigenvalue weighted by atomic mass is 10.4. The zero-order valence-corrected chi connectivity index (χ0v) is 14.7. The van der Waals surface area contributed by atoms with Crippen molar-refractivity contribution in [3.05, 3.63) is 6.20 Å². The molecule has 2 rings (SSSR count). The van der Waals surface area contributed by atoms with E-state index in [0.717, 1.165) is 12.7 Å². The molecule has 0 radical (unpaired) electrons. The molecule has 2 N–H and O–H groups in total. The third kappa shape index (κ3) is 5.96. The van der Waals surface area contributed by atoms with Crippen LogP contribution in [0.3, 0.4) is 0 Å². The first-order chi connectivity index (χ1) is 10.4. The van der Waals surface area contributed by atoms with Crippen molar-refractivity contribution in [2.24, 2.45) is 0 Å². The fourth-order valence-electron chi connectivity index (χ4n) is 1.94. The van der Waals surface area contributed by atoms with Crippen LogP contribution in [-0.2, 0) is 20.9 Å². The summed E-state index contributed by atoms with van der Waals surface area (Å²) in [4.78, 5) is 0. The highest BCUT2D eigenvalue weighted by molar-refractivity contribution is 6.76. The fraction of sp³-hybridized carbons (Fsp3) is 0.786. The summed E-state index contributed by atoms with van der Waals surface area (Å²) in [6, 6.07) is 1.13. The van der Waals surface area contributed by atoms with Gasteiger partial charge in [0.25, 0.3) is 5.88 Å². The molecule has 2 heterocycles. The molecule has 8 heteroatoms. The molecule has 1 aliphatic rings. The van der Waals surface area contributed by atoms with E-state index in [1.54, 1.807) is 10.9 Å². The summed E-state index contributed by atoms with van der Waals surface area (Å²) in [6.07, 6.45) is 1.66. The van der Waals surface area contributed by atoms with E-state index in [2.05, 4.69) is 24.7 Å². The Morgan fingerprint density at radius 3 is 2.91 bits per heavy atom. The Morgan fingerprint density at radius 2 is 2.23 bits per heavy atom. The van der Waals surface area contributed by atoms with Crippen LogP contribution in [0.2, 0.25) is 25.7 Å². The maximum atomic E-state index is 5.90. The molecule has 0 aliphatic carbocycles. The van der Waals surface area contributed by atoms with Gasteiger partial charge >= 0.3 is 0 Å². The van der Waals surface area contributed by atoms with Gasteiger partial charge in [-0.2, -0.15) is 0 Å². The van der Waals surface area contributed by atoms with Crippen LogP contribution in [0.25, 0.3) is 0 Å². The van der Waals surface area contributed by atoms with E-state index < -0.39 is 8.07 Å². The molecule has 0 amide bonds. The first kappa shape index (κ1) is 17.3. The quantitative estimate of drug-likeness (QED) is 0.576. The van der Waals surface area contributed by atoms with E-state index in [1.807, 2.05) is 0 Å². The molecule has 1 fully saturated rings. The van der Waals surface area contributed by atoms with E-state index in [-0.39, 0.29) is 6.10 Å². The van der Waals surface area contributed by atoms with Crippen LogP contribution in [0.4, 0.5) is 5.69 Å². The van der Waals surface area contributed by atoms with Gasteiger partial charge in [0.15, 0.2) is 0 Å². The summed E-state index contributed by atoms with van der Waals surface area (Å²) in [7, 11) is -1.06. The topological polar surface area (TPSA) is 80.8 Å². The molecule has 126 valence electrons. The van der Waals surface area contributed by atoms with Crippen LogP contribution >= 0.6 is 0 Å². The van der Waals surface area contributed by atoms with Crippen molar-refractivity contribution in [1.82, 2.24) is 9.78 Å². The Morgan fingerprint density at radius 1 is 1.41 bits per heavy atom. The average molecular weight is 329 g/mol. The molecule has 22 heavy (non-hydrogen) atoms. The van der Waals surface area contributed by atoms with E-state index >= 15 is 0 Å². The van der Waals surface area contributed by atoms with Crippen LogP contribution in [0, 0.1) is 0 Å². The first-order valence-corrected chi connectivity index (χ1v) is 11.4. The standard InChI is InChI=1S/C14H27N3O4Si/c1-22(2,3)7-6-19-11-17-8-13(15)14(16-17)21-10-12-9-18-4-5-20-12/h8,12H,4-7,9-11,15H2,1-3H3/t12-/m1/s1. The van der Waals surface area contributed by atoms with Gasteiger partial charge in [-0.25, -0.2) is 4.68 Å². The van der Waals surface area contributed by atoms with Gasteiger partial charge in [-0.05, 0) is 6.04 Å². The largest absolute Gasteiger partial charge is 0.472 e. The predicted octanol–water partition coefficient (Wildman–Crippen LogP) is 1.57. The summed E-state index contributed by atoms with van der Waals surface area (Å²) >= 11 is 0. The minimum absolute atomic E-state index is 0.0636. The molecule has 1 aromatic rings. The smallest absolute Gasteiger partial charge is 0.256 e. The molecule has 0 saturated carbocycles. The van der Waals surface area contributed by atoms with E-state index in [4.69, 9.17) is 24.7 Å². The molecule has 1 saturated heterocycles. The highest BCUT2D eigenvalue weighted by Gasteiger charge is 2.17. The number of ether oxygens (including phenoxy) is 4. The number of rotatable bonds is 8. The van der Waals surface area contributed by atoms with Gasteiger partial charge in [-0.3, -0.25) is 0 Å². The van der Waals surface area contributed by atoms with E-state index in [0.29, 0.717) is 44.7 Å². The normalized spacial score (nSPS) is 19.3. The minimum Gasteiger partial charge on any atom is -0.472 e. The molecule has 0 aromatic carbocycles. The molecular weight excluding hydrogens is 302 g/mol. The van der Waals surface area contributed by atoms with Gasteiger partial charge in [0, 0.05) is 14.7 Å². The lowest BCUT2D eigenvalue weighted by Crippen LogP contribution is -2.33. The van der Waals surface area contributed by atoms with Crippen molar-refractivity contribution in [3.63, 3.8) is 0 Å². The highest BCUT2D eigenvalue weighted by Crippen LogP contribution is 2.19. The SMILES string of the molecule is C[Si](C)(C)CCOCn1cc(N)c(OC[C@H]2COCCO2)n1.